The number of amides is 1. The van der Waals surface area contributed by atoms with Crippen LogP contribution in [-0.4, -0.2) is 30.1 Å². The molecule has 0 aliphatic heterocycles. The Bertz CT molecular complexity index is 536. The van der Waals surface area contributed by atoms with Crippen LogP contribution in [0.2, 0.25) is 0 Å². The first-order chi connectivity index (χ1) is 10.1. The fraction of sp³-hybridized carbons (Fsp3) is 0.375. The van der Waals surface area contributed by atoms with Crippen molar-refractivity contribution in [2.24, 2.45) is 5.92 Å². The van der Waals surface area contributed by atoms with Gasteiger partial charge in [-0.25, -0.2) is 0 Å². The molecule has 0 saturated heterocycles. The normalized spacial score (nSPS) is 20.2. The molecule has 0 saturated carbocycles. The predicted octanol–water partition coefficient (Wildman–Crippen LogP) is 1.77. The maximum Gasteiger partial charge on any atom is 0.310 e. The minimum absolute atomic E-state index is 0.0634. The fourth-order valence-corrected chi connectivity index (χ4v) is 2.32. The largest absolute Gasteiger partial charge is 0.497 e. The number of methoxy groups -OCH3 is 1. The van der Waals surface area contributed by atoms with Gasteiger partial charge < -0.3 is 15.2 Å². The second-order valence-electron chi connectivity index (χ2n) is 5.09. The van der Waals surface area contributed by atoms with E-state index in [-0.39, 0.29) is 11.9 Å². The number of carboxylic acids is 1. The van der Waals surface area contributed by atoms with Crippen LogP contribution in [0.5, 0.6) is 5.75 Å². The summed E-state index contributed by atoms with van der Waals surface area (Å²) in [6.45, 7) is 0. The smallest absolute Gasteiger partial charge is 0.310 e. The van der Waals surface area contributed by atoms with Crippen LogP contribution in [0.1, 0.15) is 18.4 Å². The summed E-state index contributed by atoms with van der Waals surface area (Å²) in [7, 11) is 1.61. The highest BCUT2D eigenvalue weighted by Crippen LogP contribution is 2.18. The standard InChI is InChI=1S/C16H19NO4/c1-21-14-7-2-11(3-8-14)4-9-15(18)17-13-6-5-12(10-13)16(19)20/h2-3,5-8,12-13H,4,9-10H2,1H3,(H,17,18)(H,19,20). The molecule has 5 heteroatoms. The van der Waals surface area contributed by atoms with Gasteiger partial charge in [0, 0.05) is 12.5 Å². The average Bonchev–Trinajstić information content (AvgIpc) is 2.94. The van der Waals surface area contributed by atoms with Crippen molar-refractivity contribution in [1.29, 1.82) is 0 Å². The van der Waals surface area contributed by atoms with E-state index in [0.717, 1.165) is 11.3 Å². The number of rotatable bonds is 6. The highest BCUT2D eigenvalue weighted by atomic mass is 16.5. The summed E-state index contributed by atoms with van der Waals surface area (Å²) in [4.78, 5) is 22.7. The maximum absolute atomic E-state index is 11.9. The number of hydrogen-bond acceptors (Lipinski definition) is 3. The molecule has 1 amide bonds. The van der Waals surface area contributed by atoms with Crippen molar-refractivity contribution in [3.05, 3.63) is 42.0 Å². The number of carboxylic acid groups (broad SMARTS) is 1. The molecule has 1 aromatic carbocycles. The Morgan fingerprint density at radius 3 is 2.57 bits per heavy atom. The van der Waals surface area contributed by atoms with E-state index in [1.165, 1.54) is 0 Å². The molecule has 112 valence electrons. The second-order valence-corrected chi connectivity index (χ2v) is 5.09. The highest BCUT2D eigenvalue weighted by molar-refractivity contribution is 5.78. The lowest BCUT2D eigenvalue weighted by atomic mass is 10.1. The van der Waals surface area contributed by atoms with Gasteiger partial charge in [-0.2, -0.15) is 0 Å². The zero-order valence-electron chi connectivity index (χ0n) is 11.9. The number of ether oxygens (including phenoxy) is 1. The first-order valence-corrected chi connectivity index (χ1v) is 6.92. The summed E-state index contributed by atoms with van der Waals surface area (Å²) in [5.74, 6) is -0.608. The average molecular weight is 289 g/mol. The van der Waals surface area contributed by atoms with E-state index < -0.39 is 11.9 Å². The molecule has 2 unspecified atom stereocenters. The zero-order chi connectivity index (χ0) is 15.2. The molecule has 21 heavy (non-hydrogen) atoms. The minimum Gasteiger partial charge on any atom is -0.497 e. The lowest BCUT2D eigenvalue weighted by molar-refractivity contribution is -0.140. The number of aliphatic carboxylic acids is 1. The molecule has 1 aliphatic rings. The minimum atomic E-state index is -0.846. The Morgan fingerprint density at radius 1 is 1.29 bits per heavy atom. The summed E-state index contributed by atoms with van der Waals surface area (Å²) in [5.41, 5.74) is 1.07. The van der Waals surface area contributed by atoms with Crippen molar-refractivity contribution in [3.8, 4) is 5.75 Å². The van der Waals surface area contributed by atoms with Gasteiger partial charge in [-0.05, 0) is 30.5 Å². The Balaban J connectivity index is 1.75. The third-order valence-corrected chi connectivity index (χ3v) is 3.55. The van der Waals surface area contributed by atoms with Crippen molar-refractivity contribution in [2.45, 2.75) is 25.3 Å². The Kier molecular flexibility index (Phi) is 4.98. The van der Waals surface area contributed by atoms with Crippen LogP contribution in [0, 0.1) is 5.92 Å². The van der Waals surface area contributed by atoms with Crippen LogP contribution >= 0.6 is 0 Å². The molecular formula is C16H19NO4. The van der Waals surface area contributed by atoms with Crippen molar-refractivity contribution < 1.29 is 19.4 Å². The van der Waals surface area contributed by atoms with Gasteiger partial charge in [0.2, 0.25) is 5.91 Å². The SMILES string of the molecule is COc1ccc(CCC(=O)NC2C=CC(C(=O)O)C2)cc1. The van der Waals surface area contributed by atoms with Gasteiger partial charge in [-0.1, -0.05) is 24.3 Å². The van der Waals surface area contributed by atoms with Gasteiger partial charge in [0.05, 0.1) is 13.0 Å². The van der Waals surface area contributed by atoms with Crippen molar-refractivity contribution in [3.63, 3.8) is 0 Å². The molecule has 2 rings (SSSR count). The van der Waals surface area contributed by atoms with Gasteiger partial charge in [-0.3, -0.25) is 9.59 Å². The van der Waals surface area contributed by atoms with Gasteiger partial charge >= 0.3 is 5.97 Å². The van der Waals surface area contributed by atoms with E-state index >= 15 is 0 Å². The van der Waals surface area contributed by atoms with Crippen LogP contribution in [0.15, 0.2) is 36.4 Å². The van der Waals surface area contributed by atoms with Crippen LogP contribution in [0.4, 0.5) is 0 Å². The predicted molar refractivity (Wildman–Crippen MR) is 78.1 cm³/mol. The number of carbonyl (C=O) groups is 2. The van der Waals surface area contributed by atoms with Gasteiger partial charge in [0.25, 0.3) is 0 Å². The van der Waals surface area contributed by atoms with Crippen molar-refractivity contribution >= 4 is 11.9 Å². The maximum atomic E-state index is 11.9. The van der Waals surface area contributed by atoms with Crippen LogP contribution in [0.25, 0.3) is 0 Å². The molecule has 1 aliphatic carbocycles. The number of carbonyl (C=O) groups excluding carboxylic acids is 1. The fourth-order valence-electron chi connectivity index (χ4n) is 2.32. The van der Waals surface area contributed by atoms with Gasteiger partial charge in [0.15, 0.2) is 0 Å². The molecular weight excluding hydrogens is 270 g/mol. The van der Waals surface area contributed by atoms with Gasteiger partial charge in [-0.15, -0.1) is 0 Å². The van der Waals surface area contributed by atoms with E-state index in [4.69, 9.17) is 9.84 Å². The molecule has 2 N–H and O–H groups in total. The van der Waals surface area contributed by atoms with E-state index in [0.29, 0.717) is 19.3 Å². The third kappa shape index (κ3) is 4.34. The lowest BCUT2D eigenvalue weighted by Crippen LogP contribution is -2.33. The lowest BCUT2D eigenvalue weighted by Gasteiger charge is -2.12. The molecule has 5 nitrogen and oxygen atoms in total. The highest BCUT2D eigenvalue weighted by Gasteiger charge is 2.25. The summed E-state index contributed by atoms with van der Waals surface area (Å²) >= 11 is 0. The zero-order valence-corrected chi connectivity index (χ0v) is 11.9. The summed E-state index contributed by atoms with van der Waals surface area (Å²) in [6.07, 6.45) is 4.85. The van der Waals surface area contributed by atoms with E-state index in [9.17, 15) is 9.59 Å². The first-order valence-electron chi connectivity index (χ1n) is 6.92. The molecule has 0 heterocycles. The molecule has 0 fully saturated rings. The van der Waals surface area contributed by atoms with E-state index in [2.05, 4.69) is 5.32 Å². The van der Waals surface area contributed by atoms with Crippen molar-refractivity contribution in [1.82, 2.24) is 5.32 Å². The van der Waals surface area contributed by atoms with Gasteiger partial charge in [0.1, 0.15) is 5.75 Å². The van der Waals surface area contributed by atoms with Crippen molar-refractivity contribution in [2.75, 3.05) is 7.11 Å². The monoisotopic (exact) mass is 289 g/mol. The molecule has 0 radical (unpaired) electrons. The van der Waals surface area contributed by atoms with E-state index in [1.807, 2.05) is 24.3 Å². The Morgan fingerprint density at radius 2 is 2.00 bits per heavy atom. The quantitative estimate of drug-likeness (QED) is 0.783. The number of nitrogens with one attached hydrogen (secondary N) is 1. The molecule has 1 aromatic rings. The Labute approximate surface area is 123 Å². The van der Waals surface area contributed by atoms with Crippen LogP contribution in [0.3, 0.4) is 0 Å². The first kappa shape index (κ1) is 15.1. The Hall–Kier alpha value is -2.30. The number of benzene rings is 1. The summed E-state index contributed by atoms with van der Waals surface area (Å²) in [5, 5.41) is 11.7. The molecule has 0 spiro atoms. The number of aryl methyl sites for hydroxylation is 1. The summed E-state index contributed by atoms with van der Waals surface area (Å²) < 4.78 is 5.08. The van der Waals surface area contributed by atoms with E-state index in [1.54, 1.807) is 19.3 Å². The molecule has 0 aromatic heterocycles. The molecule has 0 bridgehead atoms. The number of hydrogen-bond donors (Lipinski definition) is 2. The summed E-state index contributed by atoms with van der Waals surface area (Å²) in [6, 6.07) is 7.42. The van der Waals surface area contributed by atoms with Crippen LogP contribution in [-0.2, 0) is 16.0 Å². The topological polar surface area (TPSA) is 75.6 Å². The second kappa shape index (κ2) is 6.92. The molecule has 2 atom stereocenters. The third-order valence-electron chi connectivity index (χ3n) is 3.55. The van der Waals surface area contributed by atoms with Crippen LogP contribution < -0.4 is 10.1 Å².